The summed E-state index contributed by atoms with van der Waals surface area (Å²) in [7, 11) is -1.86. The second-order valence-electron chi connectivity index (χ2n) is 7.42. The van der Waals surface area contributed by atoms with Crippen LogP contribution in [-0.2, 0) is 16.4 Å². The Kier molecular flexibility index (Phi) is 7.80. The van der Waals surface area contributed by atoms with Crippen LogP contribution in [0.3, 0.4) is 0 Å². The molecule has 0 aliphatic carbocycles. The van der Waals surface area contributed by atoms with Gasteiger partial charge >= 0.3 is 0 Å². The first-order valence-corrected chi connectivity index (χ1v) is 12.3. The molecule has 1 aliphatic rings. The van der Waals surface area contributed by atoms with Crippen molar-refractivity contribution < 1.29 is 17.9 Å². The van der Waals surface area contributed by atoms with Gasteiger partial charge in [0.05, 0.1) is 23.4 Å². The van der Waals surface area contributed by atoms with E-state index in [-0.39, 0.29) is 23.1 Å². The Morgan fingerprint density at radius 3 is 2.61 bits per heavy atom. The summed E-state index contributed by atoms with van der Waals surface area (Å²) in [6.45, 7) is 3.57. The Morgan fingerprint density at radius 2 is 1.94 bits per heavy atom. The van der Waals surface area contributed by atoms with E-state index in [0.717, 1.165) is 31.6 Å². The van der Waals surface area contributed by atoms with Gasteiger partial charge in [-0.15, -0.1) is 0 Å². The summed E-state index contributed by atoms with van der Waals surface area (Å²) in [6, 6.07) is 10.2. The fourth-order valence-corrected chi connectivity index (χ4v) is 4.87. The number of sulfone groups is 1. The van der Waals surface area contributed by atoms with E-state index in [9.17, 15) is 13.2 Å². The van der Waals surface area contributed by atoms with Crippen LogP contribution in [0.25, 0.3) is 0 Å². The largest absolute Gasteiger partial charge is 0.495 e. The van der Waals surface area contributed by atoms with Crippen LogP contribution in [0.5, 0.6) is 5.75 Å². The molecule has 1 fully saturated rings. The molecule has 3 rings (SSSR count). The highest BCUT2D eigenvalue weighted by Gasteiger charge is 2.19. The molecule has 0 unspecified atom stereocenters. The average molecular weight is 466 g/mol. The van der Waals surface area contributed by atoms with E-state index in [4.69, 9.17) is 16.3 Å². The predicted octanol–water partition coefficient (Wildman–Crippen LogP) is 3.24. The van der Waals surface area contributed by atoms with Gasteiger partial charge in [-0.1, -0.05) is 18.5 Å². The molecule has 1 saturated heterocycles. The van der Waals surface area contributed by atoms with E-state index in [2.05, 4.69) is 16.0 Å². The first-order valence-electron chi connectivity index (χ1n) is 10.3. The highest BCUT2D eigenvalue weighted by Crippen LogP contribution is 2.28. The molecule has 1 aliphatic heterocycles. The van der Waals surface area contributed by atoms with Crippen LogP contribution in [0.1, 0.15) is 35.7 Å². The third-order valence-corrected chi connectivity index (χ3v) is 7.40. The quantitative estimate of drug-likeness (QED) is 0.553. The van der Waals surface area contributed by atoms with Crippen LogP contribution >= 0.6 is 11.6 Å². The van der Waals surface area contributed by atoms with Crippen LogP contribution in [0.15, 0.2) is 41.3 Å². The lowest BCUT2D eigenvalue weighted by Gasteiger charge is -2.25. The van der Waals surface area contributed by atoms with Gasteiger partial charge in [-0.3, -0.25) is 4.79 Å². The van der Waals surface area contributed by atoms with E-state index in [0.29, 0.717) is 27.9 Å². The number of rotatable bonds is 8. The minimum absolute atomic E-state index is 0.0295. The number of ether oxygens (including phenoxy) is 1. The molecule has 9 heteroatoms. The first kappa shape index (κ1) is 23.4. The molecule has 0 aromatic heterocycles. The molecule has 1 heterocycles. The van der Waals surface area contributed by atoms with E-state index in [1.807, 2.05) is 6.07 Å². The predicted molar refractivity (Wildman–Crippen MR) is 123 cm³/mol. The standard InChI is InChI=1S/C22H28ClN3O4S/c1-3-31(28,29)21-7-5-17(23)12-16(21)14-25-22(27)15-4-6-19(20(13-15)30-2)26-18-8-10-24-11-9-18/h4-7,12-13,18,24,26H,3,8-11,14H2,1-2H3,(H,25,27). The number of anilines is 1. The van der Waals surface area contributed by atoms with Gasteiger partial charge < -0.3 is 20.7 Å². The zero-order valence-corrected chi connectivity index (χ0v) is 19.3. The number of halogens is 1. The lowest BCUT2D eigenvalue weighted by atomic mass is 10.1. The molecular formula is C22H28ClN3O4S. The van der Waals surface area contributed by atoms with Gasteiger partial charge in [0.1, 0.15) is 5.75 Å². The molecule has 0 saturated carbocycles. The lowest BCUT2D eigenvalue weighted by Crippen LogP contribution is -2.35. The van der Waals surface area contributed by atoms with Gasteiger partial charge in [0.2, 0.25) is 0 Å². The highest BCUT2D eigenvalue weighted by molar-refractivity contribution is 7.91. The van der Waals surface area contributed by atoms with Crippen molar-refractivity contribution in [2.75, 3.05) is 31.3 Å². The monoisotopic (exact) mass is 465 g/mol. The number of hydrogen-bond acceptors (Lipinski definition) is 6. The maximum Gasteiger partial charge on any atom is 0.251 e. The number of carbonyl (C=O) groups is 1. The van der Waals surface area contributed by atoms with E-state index in [1.165, 1.54) is 12.1 Å². The van der Waals surface area contributed by atoms with Gasteiger partial charge in [0, 0.05) is 23.2 Å². The van der Waals surface area contributed by atoms with Crippen molar-refractivity contribution in [3.8, 4) is 5.75 Å². The van der Waals surface area contributed by atoms with E-state index in [1.54, 1.807) is 32.2 Å². The number of amides is 1. The topological polar surface area (TPSA) is 96.5 Å². The molecule has 7 nitrogen and oxygen atoms in total. The van der Waals surface area contributed by atoms with Gasteiger partial charge in [-0.25, -0.2) is 8.42 Å². The molecule has 1 amide bonds. The van der Waals surface area contributed by atoms with Crippen molar-refractivity contribution in [3.05, 3.63) is 52.5 Å². The van der Waals surface area contributed by atoms with Crippen LogP contribution in [-0.4, -0.2) is 46.3 Å². The molecule has 0 bridgehead atoms. The summed E-state index contributed by atoms with van der Waals surface area (Å²) >= 11 is 6.04. The maximum atomic E-state index is 12.7. The van der Waals surface area contributed by atoms with Crippen LogP contribution in [0.2, 0.25) is 5.02 Å². The molecule has 168 valence electrons. The number of benzene rings is 2. The Morgan fingerprint density at radius 1 is 1.19 bits per heavy atom. The molecule has 0 atom stereocenters. The van der Waals surface area contributed by atoms with Crippen LogP contribution < -0.4 is 20.7 Å². The molecular weight excluding hydrogens is 438 g/mol. The zero-order valence-electron chi connectivity index (χ0n) is 17.7. The van der Waals surface area contributed by atoms with E-state index < -0.39 is 9.84 Å². The van der Waals surface area contributed by atoms with Crippen molar-refractivity contribution in [1.29, 1.82) is 0 Å². The number of methoxy groups -OCH3 is 1. The zero-order chi connectivity index (χ0) is 22.4. The second kappa shape index (κ2) is 10.3. The molecule has 31 heavy (non-hydrogen) atoms. The van der Waals surface area contributed by atoms with Crippen LogP contribution in [0.4, 0.5) is 5.69 Å². The second-order valence-corrected chi connectivity index (χ2v) is 10.1. The maximum absolute atomic E-state index is 12.7. The lowest BCUT2D eigenvalue weighted by molar-refractivity contribution is 0.0950. The summed E-state index contributed by atoms with van der Waals surface area (Å²) in [4.78, 5) is 12.9. The summed E-state index contributed by atoms with van der Waals surface area (Å²) in [5.74, 6) is 0.230. The van der Waals surface area contributed by atoms with Crippen molar-refractivity contribution >= 4 is 33.0 Å². The minimum Gasteiger partial charge on any atom is -0.495 e. The van der Waals surface area contributed by atoms with Crippen molar-refractivity contribution in [2.24, 2.45) is 0 Å². The Hall–Kier alpha value is -2.29. The van der Waals surface area contributed by atoms with Gasteiger partial charge in [-0.2, -0.15) is 0 Å². The molecule has 2 aromatic rings. The first-order chi connectivity index (χ1) is 14.8. The highest BCUT2D eigenvalue weighted by atomic mass is 35.5. The number of nitrogens with one attached hydrogen (secondary N) is 3. The number of piperidine rings is 1. The summed E-state index contributed by atoms with van der Waals surface area (Å²) in [5, 5.41) is 10.0. The Bertz CT molecular complexity index is 1040. The average Bonchev–Trinajstić information content (AvgIpc) is 2.78. The van der Waals surface area contributed by atoms with E-state index >= 15 is 0 Å². The number of carbonyl (C=O) groups excluding carboxylic acids is 1. The normalized spacial score (nSPS) is 14.8. The van der Waals surface area contributed by atoms with Crippen molar-refractivity contribution in [1.82, 2.24) is 10.6 Å². The summed E-state index contributed by atoms with van der Waals surface area (Å²) in [6.07, 6.45) is 2.04. The van der Waals surface area contributed by atoms with Crippen molar-refractivity contribution in [2.45, 2.75) is 37.2 Å². The Labute approximate surface area is 188 Å². The molecule has 0 spiro atoms. The molecule has 2 aromatic carbocycles. The molecule has 3 N–H and O–H groups in total. The van der Waals surface area contributed by atoms with Gasteiger partial charge in [0.25, 0.3) is 5.91 Å². The van der Waals surface area contributed by atoms with Crippen molar-refractivity contribution in [3.63, 3.8) is 0 Å². The fraction of sp³-hybridized carbons (Fsp3) is 0.409. The molecule has 0 radical (unpaired) electrons. The van der Waals surface area contributed by atoms with Crippen LogP contribution in [0, 0.1) is 0 Å². The SMILES string of the molecule is CCS(=O)(=O)c1ccc(Cl)cc1CNC(=O)c1ccc(NC2CCNCC2)c(OC)c1. The third-order valence-electron chi connectivity index (χ3n) is 5.34. The number of hydrogen-bond donors (Lipinski definition) is 3. The van der Waals surface area contributed by atoms with Gasteiger partial charge in [-0.05, 0) is 67.9 Å². The van der Waals surface area contributed by atoms with Gasteiger partial charge in [0.15, 0.2) is 9.84 Å². The summed E-state index contributed by atoms with van der Waals surface area (Å²) in [5.41, 5.74) is 1.73. The third kappa shape index (κ3) is 5.90. The fourth-order valence-electron chi connectivity index (χ4n) is 3.56. The minimum atomic E-state index is -3.43. The smallest absolute Gasteiger partial charge is 0.251 e. The summed E-state index contributed by atoms with van der Waals surface area (Å²) < 4.78 is 30.2. The Balaban J connectivity index is 1.73.